The summed E-state index contributed by atoms with van der Waals surface area (Å²) in [5.41, 5.74) is 5.61. The molecule has 0 radical (unpaired) electrons. The zero-order chi connectivity index (χ0) is 8.27. The SMILES string of the molecule is N=C(C=CN)C1CCC(=O)C1. The molecule has 0 aromatic carbocycles. The summed E-state index contributed by atoms with van der Waals surface area (Å²) < 4.78 is 0. The number of rotatable bonds is 2. The van der Waals surface area contributed by atoms with Gasteiger partial charge in [0, 0.05) is 24.5 Å². The summed E-state index contributed by atoms with van der Waals surface area (Å²) in [6.07, 6.45) is 4.89. The standard InChI is InChI=1S/C8H12N2O/c9-4-3-8(10)6-1-2-7(11)5-6/h3-4,6,10H,1-2,5,9H2. The van der Waals surface area contributed by atoms with E-state index in [1.807, 2.05) is 0 Å². The van der Waals surface area contributed by atoms with Crippen LogP contribution in [0.1, 0.15) is 19.3 Å². The summed E-state index contributed by atoms with van der Waals surface area (Å²) in [5, 5.41) is 7.46. The van der Waals surface area contributed by atoms with E-state index in [0.29, 0.717) is 18.6 Å². The van der Waals surface area contributed by atoms with Crippen LogP contribution in [0.4, 0.5) is 0 Å². The number of carbonyl (C=O) groups is 1. The molecule has 0 aromatic heterocycles. The fraction of sp³-hybridized carbons (Fsp3) is 0.500. The van der Waals surface area contributed by atoms with Crippen LogP contribution in [0.15, 0.2) is 12.3 Å². The zero-order valence-electron chi connectivity index (χ0n) is 6.34. The molecule has 0 amide bonds. The molecule has 0 bridgehead atoms. The van der Waals surface area contributed by atoms with Crippen molar-refractivity contribution < 1.29 is 4.79 Å². The van der Waals surface area contributed by atoms with Crippen molar-refractivity contribution in [2.24, 2.45) is 11.7 Å². The molecule has 0 aromatic rings. The van der Waals surface area contributed by atoms with Gasteiger partial charge in [-0.3, -0.25) is 4.79 Å². The summed E-state index contributed by atoms with van der Waals surface area (Å²) >= 11 is 0. The van der Waals surface area contributed by atoms with Gasteiger partial charge < -0.3 is 11.1 Å². The predicted octanol–water partition coefficient (Wildman–Crippen LogP) is 0.848. The summed E-state index contributed by atoms with van der Waals surface area (Å²) in [5.74, 6) is 0.396. The number of hydrogen-bond donors (Lipinski definition) is 2. The first-order chi connectivity index (χ1) is 5.24. The third-order valence-corrected chi connectivity index (χ3v) is 1.96. The lowest BCUT2D eigenvalue weighted by Gasteiger charge is -2.03. The first kappa shape index (κ1) is 7.98. The minimum Gasteiger partial charge on any atom is -0.405 e. The second kappa shape index (κ2) is 3.32. The van der Waals surface area contributed by atoms with Gasteiger partial charge in [0.1, 0.15) is 5.78 Å². The van der Waals surface area contributed by atoms with Gasteiger partial charge >= 0.3 is 0 Å². The number of ketones is 1. The van der Waals surface area contributed by atoms with E-state index in [4.69, 9.17) is 11.1 Å². The molecule has 1 fully saturated rings. The van der Waals surface area contributed by atoms with E-state index < -0.39 is 0 Å². The smallest absolute Gasteiger partial charge is 0.133 e. The Labute approximate surface area is 65.8 Å². The Kier molecular flexibility index (Phi) is 2.41. The molecule has 1 atom stereocenters. The molecule has 1 unspecified atom stereocenters. The minimum atomic E-state index is 0.127. The van der Waals surface area contributed by atoms with Crippen LogP contribution in [0.3, 0.4) is 0 Å². The Balaban J connectivity index is 2.49. The van der Waals surface area contributed by atoms with Gasteiger partial charge in [0.2, 0.25) is 0 Å². The van der Waals surface area contributed by atoms with Gasteiger partial charge in [0.15, 0.2) is 0 Å². The van der Waals surface area contributed by atoms with Gasteiger partial charge in [-0.2, -0.15) is 0 Å². The Morgan fingerprint density at radius 2 is 2.45 bits per heavy atom. The highest BCUT2D eigenvalue weighted by Crippen LogP contribution is 2.22. The summed E-state index contributed by atoms with van der Waals surface area (Å²) in [7, 11) is 0. The molecule has 60 valence electrons. The third kappa shape index (κ3) is 1.90. The van der Waals surface area contributed by atoms with Crippen LogP contribution in [0.2, 0.25) is 0 Å². The average Bonchev–Trinajstić information content (AvgIpc) is 2.36. The van der Waals surface area contributed by atoms with Crippen LogP contribution in [0, 0.1) is 11.3 Å². The van der Waals surface area contributed by atoms with Crippen molar-refractivity contribution >= 4 is 11.5 Å². The highest BCUT2D eigenvalue weighted by Gasteiger charge is 2.23. The maximum Gasteiger partial charge on any atom is 0.133 e. The molecular formula is C8H12N2O. The molecule has 1 saturated carbocycles. The number of hydrogen-bond acceptors (Lipinski definition) is 3. The fourth-order valence-corrected chi connectivity index (χ4v) is 1.32. The van der Waals surface area contributed by atoms with Gasteiger partial charge in [-0.05, 0) is 18.7 Å². The topological polar surface area (TPSA) is 66.9 Å². The molecule has 3 nitrogen and oxygen atoms in total. The normalized spacial score (nSPS) is 24.7. The maximum absolute atomic E-state index is 10.8. The van der Waals surface area contributed by atoms with Crippen molar-refractivity contribution in [3.8, 4) is 0 Å². The van der Waals surface area contributed by atoms with Crippen molar-refractivity contribution in [2.45, 2.75) is 19.3 Å². The lowest BCUT2D eigenvalue weighted by atomic mass is 10.0. The van der Waals surface area contributed by atoms with Crippen LogP contribution in [-0.2, 0) is 4.79 Å². The largest absolute Gasteiger partial charge is 0.405 e. The molecule has 1 aliphatic carbocycles. The van der Waals surface area contributed by atoms with Gasteiger partial charge in [0.05, 0.1) is 0 Å². The molecule has 1 aliphatic rings. The molecule has 11 heavy (non-hydrogen) atoms. The highest BCUT2D eigenvalue weighted by atomic mass is 16.1. The lowest BCUT2D eigenvalue weighted by Crippen LogP contribution is -2.07. The van der Waals surface area contributed by atoms with Gasteiger partial charge in [-0.1, -0.05) is 0 Å². The average molecular weight is 152 g/mol. The van der Waals surface area contributed by atoms with Crippen LogP contribution >= 0.6 is 0 Å². The lowest BCUT2D eigenvalue weighted by molar-refractivity contribution is -0.117. The van der Waals surface area contributed by atoms with E-state index in [1.165, 1.54) is 6.20 Å². The maximum atomic E-state index is 10.8. The van der Waals surface area contributed by atoms with E-state index in [2.05, 4.69) is 0 Å². The summed E-state index contributed by atoms with van der Waals surface area (Å²) in [6, 6.07) is 0. The van der Waals surface area contributed by atoms with E-state index in [-0.39, 0.29) is 11.7 Å². The van der Waals surface area contributed by atoms with E-state index in [9.17, 15) is 4.79 Å². The monoisotopic (exact) mass is 152 g/mol. The Bertz CT molecular complexity index is 208. The van der Waals surface area contributed by atoms with Crippen molar-refractivity contribution in [2.75, 3.05) is 0 Å². The van der Waals surface area contributed by atoms with Crippen LogP contribution in [-0.4, -0.2) is 11.5 Å². The molecule has 1 rings (SSSR count). The van der Waals surface area contributed by atoms with Crippen molar-refractivity contribution in [1.82, 2.24) is 0 Å². The highest BCUT2D eigenvalue weighted by molar-refractivity contribution is 5.98. The number of nitrogens with one attached hydrogen (secondary N) is 1. The number of carbonyl (C=O) groups excluding carboxylic acids is 1. The number of Topliss-reactive ketones (excluding diaryl/α,β-unsaturated/α-hetero) is 1. The molecule has 3 heteroatoms. The molecule has 3 N–H and O–H groups in total. The molecule has 0 saturated heterocycles. The zero-order valence-corrected chi connectivity index (χ0v) is 6.34. The second-order valence-corrected chi connectivity index (χ2v) is 2.79. The van der Waals surface area contributed by atoms with Crippen LogP contribution in [0.5, 0.6) is 0 Å². The van der Waals surface area contributed by atoms with Gasteiger partial charge in [-0.25, -0.2) is 0 Å². The summed E-state index contributed by atoms with van der Waals surface area (Å²) in [6.45, 7) is 0. The Morgan fingerprint density at radius 3 is 2.91 bits per heavy atom. The second-order valence-electron chi connectivity index (χ2n) is 2.79. The first-order valence-electron chi connectivity index (χ1n) is 3.72. The quantitative estimate of drug-likeness (QED) is 0.576. The first-order valence-corrected chi connectivity index (χ1v) is 3.72. The van der Waals surface area contributed by atoms with Gasteiger partial charge in [0.25, 0.3) is 0 Å². The van der Waals surface area contributed by atoms with E-state index in [0.717, 1.165) is 6.42 Å². The molecular weight excluding hydrogens is 140 g/mol. The molecule has 0 aliphatic heterocycles. The Morgan fingerprint density at radius 1 is 1.73 bits per heavy atom. The van der Waals surface area contributed by atoms with E-state index in [1.54, 1.807) is 6.08 Å². The molecule has 0 heterocycles. The predicted molar refractivity (Wildman–Crippen MR) is 43.4 cm³/mol. The molecule has 0 spiro atoms. The van der Waals surface area contributed by atoms with Crippen molar-refractivity contribution in [3.05, 3.63) is 12.3 Å². The van der Waals surface area contributed by atoms with E-state index >= 15 is 0 Å². The van der Waals surface area contributed by atoms with Gasteiger partial charge in [-0.15, -0.1) is 0 Å². The van der Waals surface area contributed by atoms with Crippen LogP contribution in [0.25, 0.3) is 0 Å². The minimum absolute atomic E-state index is 0.127. The van der Waals surface area contributed by atoms with Crippen molar-refractivity contribution in [3.63, 3.8) is 0 Å². The van der Waals surface area contributed by atoms with Crippen molar-refractivity contribution in [1.29, 1.82) is 5.41 Å². The summed E-state index contributed by atoms with van der Waals surface area (Å²) in [4.78, 5) is 10.8. The third-order valence-electron chi connectivity index (χ3n) is 1.96. The van der Waals surface area contributed by atoms with Crippen LogP contribution < -0.4 is 5.73 Å². The Hall–Kier alpha value is -1.12. The number of allylic oxidation sites excluding steroid dienone is 1. The fourth-order valence-electron chi connectivity index (χ4n) is 1.32. The number of nitrogens with two attached hydrogens (primary N) is 1.